The van der Waals surface area contributed by atoms with Crippen LogP contribution in [0, 0.1) is 0 Å². The van der Waals surface area contributed by atoms with Gasteiger partial charge >= 0.3 is 0 Å². The number of aromatic hydroxyl groups is 2. The Hall–Kier alpha value is -1.26. The maximum Gasteiger partial charge on any atom is 0.163 e. The predicted octanol–water partition coefficient (Wildman–Crippen LogP) is 2.79. The van der Waals surface area contributed by atoms with Crippen LogP contribution in [0.15, 0.2) is 12.1 Å². The van der Waals surface area contributed by atoms with Crippen LogP contribution in [0.4, 0.5) is 0 Å². The first kappa shape index (κ1) is 14.2. The van der Waals surface area contributed by atoms with E-state index in [1.54, 1.807) is 6.07 Å². The molecular weight excluding hydrogens is 242 g/mol. The Morgan fingerprint density at radius 2 is 1.89 bits per heavy atom. The summed E-state index contributed by atoms with van der Waals surface area (Å²) in [5.41, 5.74) is 1.74. The van der Waals surface area contributed by atoms with Crippen molar-refractivity contribution in [1.29, 1.82) is 0 Å². The van der Waals surface area contributed by atoms with Crippen molar-refractivity contribution in [2.24, 2.45) is 0 Å². The zero-order valence-electron chi connectivity index (χ0n) is 11.7. The van der Waals surface area contributed by atoms with E-state index in [-0.39, 0.29) is 17.6 Å². The first-order chi connectivity index (χ1) is 9.17. The normalized spacial score (nSPS) is 17.9. The van der Waals surface area contributed by atoms with Crippen LogP contribution in [-0.2, 0) is 11.3 Å². The minimum absolute atomic E-state index is 0.000370. The van der Waals surface area contributed by atoms with Gasteiger partial charge in [-0.2, -0.15) is 0 Å². The van der Waals surface area contributed by atoms with Crippen LogP contribution in [0.5, 0.6) is 11.5 Å². The first-order valence-corrected chi connectivity index (χ1v) is 7.05. The molecule has 0 saturated carbocycles. The Balaban J connectivity index is 2.11. The van der Waals surface area contributed by atoms with Gasteiger partial charge in [0.2, 0.25) is 0 Å². The summed E-state index contributed by atoms with van der Waals surface area (Å²) in [6, 6.07) is 3.40. The lowest BCUT2D eigenvalue weighted by Crippen LogP contribution is -2.30. The number of nitrogens with zero attached hydrogens (tertiary/aromatic N) is 1. The molecular formula is C15H23NO3. The molecule has 0 saturated heterocycles. The monoisotopic (exact) mass is 265 g/mol. The van der Waals surface area contributed by atoms with E-state index in [0.717, 1.165) is 43.6 Å². The summed E-state index contributed by atoms with van der Waals surface area (Å²) in [6.45, 7) is 7.71. The molecule has 1 heterocycles. The Morgan fingerprint density at radius 1 is 1.21 bits per heavy atom. The fourth-order valence-electron chi connectivity index (χ4n) is 2.68. The van der Waals surface area contributed by atoms with Crippen molar-refractivity contribution in [3.8, 4) is 11.5 Å². The van der Waals surface area contributed by atoms with Gasteiger partial charge in [0.25, 0.3) is 0 Å². The molecule has 0 radical (unpaired) electrons. The predicted molar refractivity (Wildman–Crippen MR) is 74.3 cm³/mol. The maximum atomic E-state index is 9.83. The Kier molecular flexibility index (Phi) is 4.66. The highest BCUT2D eigenvalue weighted by molar-refractivity contribution is 5.50. The summed E-state index contributed by atoms with van der Waals surface area (Å²) in [6.07, 6.45) is 2.25. The van der Waals surface area contributed by atoms with Crippen molar-refractivity contribution < 1.29 is 14.9 Å². The van der Waals surface area contributed by atoms with Gasteiger partial charge in [0, 0.05) is 12.1 Å². The van der Waals surface area contributed by atoms with Crippen molar-refractivity contribution >= 4 is 0 Å². The average Bonchev–Trinajstić information content (AvgIpc) is 2.78. The second-order valence-electron chi connectivity index (χ2n) is 5.10. The SMILES string of the molecule is CCCN(CCC)CC1OCc2c1ccc(O)c2O. The molecule has 1 atom stereocenters. The number of hydrogen-bond acceptors (Lipinski definition) is 4. The van der Waals surface area contributed by atoms with Gasteiger partial charge in [0.15, 0.2) is 11.5 Å². The Labute approximate surface area is 114 Å². The summed E-state index contributed by atoms with van der Waals surface area (Å²) in [5.74, 6) is -0.0977. The lowest BCUT2D eigenvalue weighted by molar-refractivity contribution is 0.0361. The summed E-state index contributed by atoms with van der Waals surface area (Å²) < 4.78 is 5.77. The molecule has 0 bridgehead atoms. The maximum absolute atomic E-state index is 9.83. The molecule has 1 aromatic rings. The van der Waals surface area contributed by atoms with Gasteiger partial charge in [0.05, 0.1) is 12.7 Å². The third-order valence-electron chi connectivity index (χ3n) is 3.58. The molecule has 4 heteroatoms. The molecule has 4 nitrogen and oxygen atoms in total. The number of hydrogen-bond donors (Lipinski definition) is 2. The van der Waals surface area contributed by atoms with Gasteiger partial charge in [-0.25, -0.2) is 0 Å². The molecule has 19 heavy (non-hydrogen) atoms. The summed E-state index contributed by atoms with van der Waals surface area (Å²) in [5, 5.41) is 19.3. The number of rotatable bonds is 6. The van der Waals surface area contributed by atoms with E-state index in [9.17, 15) is 10.2 Å². The highest BCUT2D eigenvalue weighted by atomic mass is 16.5. The summed E-state index contributed by atoms with van der Waals surface area (Å²) in [4.78, 5) is 2.39. The van der Waals surface area contributed by atoms with E-state index >= 15 is 0 Å². The van der Waals surface area contributed by atoms with Crippen LogP contribution in [-0.4, -0.2) is 34.7 Å². The van der Waals surface area contributed by atoms with Crippen LogP contribution in [0.25, 0.3) is 0 Å². The molecule has 1 aliphatic rings. The fourth-order valence-corrected chi connectivity index (χ4v) is 2.68. The second kappa shape index (κ2) is 6.26. The van der Waals surface area contributed by atoms with Gasteiger partial charge in [-0.1, -0.05) is 19.9 Å². The van der Waals surface area contributed by atoms with E-state index in [2.05, 4.69) is 18.7 Å². The van der Waals surface area contributed by atoms with Gasteiger partial charge in [-0.3, -0.25) is 0 Å². The highest BCUT2D eigenvalue weighted by Gasteiger charge is 2.28. The number of phenols is 2. The molecule has 0 spiro atoms. The number of ether oxygens (including phenoxy) is 1. The number of phenolic OH excluding ortho intramolecular Hbond substituents is 2. The number of benzene rings is 1. The molecule has 2 rings (SSSR count). The van der Waals surface area contributed by atoms with Crippen LogP contribution < -0.4 is 0 Å². The van der Waals surface area contributed by atoms with Crippen LogP contribution >= 0.6 is 0 Å². The molecule has 1 aromatic carbocycles. The van der Waals surface area contributed by atoms with Crippen molar-refractivity contribution in [1.82, 2.24) is 4.90 Å². The summed E-state index contributed by atoms with van der Waals surface area (Å²) in [7, 11) is 0. The fraction of sp³-hybridized carbons (Fsp3) is 0.600. The van der Waals surface area contributed by atoms with E-state index < -0.39 is 0 Å². The van der Waals surface area contributed by atoms with Gasteiger partial charge in [-0.15, -0.1) is 0 Å². The van der Waals surface area contributed by atoms with E-state index in [0.29, 0.717) is 6.61 Å². The Bertz CT molecular complexity index is 428. The van der Waals surface area contributed by atoms with Crippen LogP contribution in [0.2, 0.25) is 0 Å². The summed E-state index contributed by atoms with van der Waals surface area (Å²) >= 11 is 0. The quantitative estimate of drug-likeness (QED) is 0.777. The van der Waals surface area contributed by atoms with Crippen LogP contribution in [0.1, 0.15) is 43.9 Å². The van der Waals surface area contributed by atoms with Crippen molar-refractivity contribution in [3.05, 3.63) is 23.3 Å². The van der Waals surface area contributed by atoms with Crippen LogP contribution in [0.3, 0.4) is 0 Å². The minimum Gasteiger partial charge on any atom is -0.504 e. The largest absolute Gasteiger partial charge is 0.504 e. The van der Waals surface area contributed by atoms with Crippen molar-refractivity contribution in [3.63, 3.8) is 0 Å². The van der Waals surface area contributed by atoms with Gasteiger partial charge < -0.3 is 19.8 Å². The smallest absolute Gasteiger partial charge is 0.163 e. The van der Waals surface area contributed by atoms with Gasteiger partial charge in [0.1, 0.15) is 0 Å². The third-order valence-corrected chi connectivity index (χ3v) is 3.58. The van der Waals surface area contributed by atoms with E-state index in [1.807, 2.05) is 6.07 Å². The topological polar surface area (TPSA) is 52.9 Å². The molecule has 0 amide bonds. The molecule has 106 valence electrons. The first-order valence-electron chi connectivity index (χ1n) is 7.05. The van der Waals surface area contributed by atoms with Gasteiger partial charge in [-0.05, 0) is 37.6 Å². The molecule has 0 aromatic heterocycles. The molecule has 2 N–H and O–H groups in total. The standard InChI is InChI=1S/C15H23NO3/c1-3-7-16(8-4-2)9-14-11-5-6-13(17)15(18)12(11)10-19-14/h5-6,14,17-18H,3-4,7-10H2,1-2H3. The lowest BCUT2D eigenvalue weighted by Gasteiger charge is -2.24. The zero-order chi connectivity index (χ0) is 13.8. The second-order valence-corrected chi connectivity index (χ2v) is 5.10. The Morgan fingerprint density at radius 3 is 2.53 bits per heavy atom. The molecule has 1 unspecified atom stereocenters. The van der Waals surface area contributed by atoms with E-state index in [1.165, 1.54) is 0 Å². The van der Waals surface area contributed by atoms with Crippen molar-refractivity contribution in [2.75, 3.05) is 19.6 Å². The average molecular weight is 265 g/mol. The van der Waals surface area contributed by atoms with Crippen molar-refractivity contribution in [2.45, 2.75) is 39.4 Å². The highest BCUT2D eigenvalue weighted by Crippen LogP contribution is 2.40. The third kappa shape index (κ3) is 3.01. The minimum atomic E-state index is -0.0676. The zero-order valence-corrected chi connectivity index (χ0v) is 11.7. The lowest BCUT2D eigenvalue weighted by atomic mass is 10.0. The van der Waals surface area contributed by atoms with E-state index in [4.69, 9.17) is 4.74 Å². The molecule has 0 fully saturated rings. The number of fused-ring (bicyclic) bond motifs is 1. The molecule has 1 aliphatic heterocycles. The molecule has 0 aliphatic carbocycles.